The van der Waals surface area contributed by atoms with Crippen molar-refractivity contribution >= 4 is 12.3 Å². The molecule has 0 amide bonds. The summed E-state index contributed by atoms with van der Waals surface area (Å²) in [7, 11) is 0. The van der Waals surface area contributed by atoms with Gasteiger partial charge in [-0.3, -0.25) is 4.99 Å². The number of hydrogen-bond donors (Lipinski definition) is 1. The number of aliphatic hydroxyl groups is 1. The van der Waals surface area contributed by atoms with Crippen molar-refractivity contribution < 1.29 is 14.6 Å². The molecular weight excluding hydrogens is 316 g/mol. The molecule has 0 aromatic rings. The molecule has 0 spiro atoms. The van der Waals surface area contributed by atoms with E-state index < -0.39 is 0 Å². The van der Waals surface area contributed by atoms with Crippen molar-refractivity contribution in [2.45, 2.75) is 90.0 Å². The molecule has 5 heteroatoms. The van der Waals surface area contributed by atoms with Crippen LogP contribution in [0, 0.1) is 0 Å². The topological polar surface area (TPSA) is 63.4 Å². The standard InChI is InChI=1S/C17H33NO2.C3H5NO/c1-3-5-6-7-8-9-10-11-12-13-16-18-17(4-2,14-19)15-20-16;1-2-5-3-4-1/h19H,3-15H2,1-2H3;3H,1-2H2. The molecule has 1 N–H and O–H groups in total. The predicted molar refractivity (Wildman–Crippen MR) is 105 cm³/mol. The lowest BCUT2D eigenvalue weighted by atomic mass is 10.0. The summed E-state index contributed by atoms with van der Waals surface area (Å²) in [5.74, 6) is 0.865. The fourth-order valence-corrected chi connectivity index (χ4v) is 2.90. The van der Waals surface area contributed by atoms with E-state index in [0.29, 0.717) is 6.61 Å². The van der Waals surface area contributed by atoms with Crippen LogP contribution in [0.4, 0.5) is 0 Å². The Morgan fingerprint density at radius 2 is 1.72 bits per heavy atom. The van der Waals surface area contributed by atoms with Gasteiger partial charge < -0.3 is 14.6 Å². The van der Waals surface area contributed by atoms with Gasteiger partial charge in [0.05, 0.1) is 13.2 Å². The van der Waals surface area contributed by atoms with Gasteiger partial charge in [0.1, 0.15) is 18.8 Å². The Morgan fingerprint density at radius 3 is 2.16 bits per heavy atom. The van der Waals surface area contributed by atoms with Crippen LogP contribution in [-0.2, 0) is 9.47 Å². The lowest BCUT2D eigenvalue weighted by molar-refractivity contribution is 0.153. The number of unbranched alkanes of at least 4 members (excludes halogenated alkanes) is 8. The maximum Gasteiger partial charge on any atom is 0.184 e. The lowest BCUT2D eigenvalue weighted by Gasteiger charge is -2.17. The van der Waals surface area contributed by atoms with E-state index in [1.807, 2.05) is 0 Å². The van der Waals surface area contributed by atoms with E-state index in [4.69, 9.17) is 4.74 Å². The molecule has 2 aliphatic rings. The molecule has 2 rings (SSSR count). The second-order valence-corrected chi connectivity index (χ2v) is 6.99. The molecule has 2 heterocycles. The Bertz CT molecular complexity index is 373. The first-order valence-electron chi connectivity index (χ1n) is 10.2. The van der Waals surface area contributed by atoms with Crippen LogP contribution in [0.1, 0.15) is 84.5 Å². The van der Waals surface area contributed by atoms with Crippen molar-refractivity contribution in [2.75, 3.05) is 26.4 Å². The van der Waals surface area contributed by atoms with E-state index in [9.17, 15) is 5.11 Å². The number of aliphatic imine (C=N–C) groups is 2. The molecule has 1 unspecified atom stereocenters. The van der Waals surface area contributed by atoms with Gasteiger partial charge in [0, 0.05) is 6.42 Å². The van der Waals surface area contributed by atoms with Crippen LogP contribution >= 0.6 is 0 Å². The Hall–Kier alpha value is -1.10. The molecular formula is C20H38N2O3. The average molecular weight is 355 g/mol. The van der Waals surface area contributed by atoms with Crippen LogP contribution in [0.15, 0.2) is 9.98 Å². The van der Waals surface area contributed by atoms with E-state index >= 15 is 0 Å². The minimum atomic E-state index is -0.339. The summed E-state index contributed by atoms with van der Waals surface area (Å²) < 4.78 is 10.3. The van der Waals surface area contributed by atoms with Gasteiger partial charge in [0.15, 0.2) is 12.3 Å². The van der Waals surface area contributed by atoms with E-state index in [-0.39, 0.29) is 12.1 Å². The maximum atomic E-state index is 9.38. The second kappa shape index (κ2) is 14.1. The van der Waals surface area contributed by atoms with Gasteiger partial charge in [-0.25, -0.2) is 4.99 Å². The summed E-state index contributed by atoms with van der Waals surface area (Å²) in [5, 5.41) is 9.38. The predicted octanol–water partition coefficient (Wildman–Crippen LogP) is 4.52. The SMILES string of the molecule is C1=NCCO1.CCCCCCCCCCCC1=NC(CC)(CO)CO1. The maximum absolute atomic E-state index is 9.38. The summed E-state index contributed by atoms with van der Waals surface area (Å²) in [4.78, 5) is 8.30. The third-order valence-corrected chi connectivity index (χ3v) is 4.80. The van der Waals surface area contributed by atoms with Crippen molar-refractivity contribution in [3.63, 3.8) is 0 Å². The van der Waals surface area contributed by atoms with Crippen molar-refractivity contribution in [2.24, 2.45) is 9.98 Å². The van der Waals surface area contributed by atoms with Crippen molar-refractivity contribution in [1.29, 1.82) is 0 Å². The summed E-state index contributed by atoms with van der Waals surface area (Å²) >= 11 is 0. The molecule has 2 aliphatic heterocycles. The van der Waals surface area contributed by atoms with Crippen molar-refractivity contribution in [3.05, 3.63) is 0 Å². The number of ether oxygens (including phenoxy) is 2. The second-order valence-electron chi connectivity index (χ2n) is 6.99. The highest BCUT2D eigenvalue weighted by atomic mass is 16.5. The highest BCUT2D eigenvalue weighted by molar-refractivity contribution is 5.78. The first-order valence-corrected chi connectivity index (χ1v) is 10.2. The number of nitrogens with zero attached hydrogens (tertiary/aromatic N) is 2. The molecule has 0 aromatic heterocycles. The zero-order chi connectivity index (χ0) is 18.2. The molecule has 0 aromatic carbocycles. The monoisotopic (exact) mass is 354 g/mol. The molecule has 0 saturated carbocycles. The highest BCUT2D eigenvalue weighted by Gasteiger charge is 2.33. The first kappa shape index (κ1) is 21.9. The van der Waals surface area contributed by atoms with E-state index in [1.54, 1.807) is 0 Å². The van der Waals surface area contributed by atoms with Crippen molar-refractivity contribution in [3.8, 4) is 0 Å². The van der Waals surface area contributed by atoms with Gasteiger partial charge in [-0.05, 0) is 12.8 Å². The summed E-state index contributed by atoms with van der Waals surface area (Å²) in [6, 6.07) is 0. The van der Waals surface area contributed by atoms with Gasteiger partial charge in [-0.2, -0.15) is 0 Å². The normalized spacial score (nSPS) is 21.3. The van der Waals surface area contributed by atoms with Gasteiger partial charge in [0.2, 0.25) is 0 Å². The quantitative estimate of drug-likeness (QED) is 0.524. The molecule has 0 aliphatic carbocycles. The van der Waals surface area contributed by atoms with Crippen LogP contribution in [0.2, 0.25) is 0 Å². The lowest BCUT2D eigenvalue weighted by Crippen LogP contribution is -2.31. The van der Waals surface area contributed by atoms with Crippen molar-refractivity contribution in [1.82, 2.24) is 0 Å². The summed E-state index contributed by atoms with van der Waals surface area (Å²) in [6.45, 7) is 6.61. The van der Waals surface area contributed by atoms with Gasteiger partial charge in [0.25, 0.3) is 0 Å². The van der Waals surface area contributed by atoms with Crippen LogP contribution in [0.3, 0.4) is 0 Å². The molecule has 0 saturated heterocycles. The van der Waals surface area contributed by atoms with Crippen LogP contribution < -0.4 is 0 Å². The van der Waals surface area contributed by atoms with E-state index in [0.717, 1.165) is 31.9 Å². The molecule has 5 nitrogen and oxygen atoms in total. The highest BCUT2D eigenvalue weighted by Crippen LogP contribution is 2.24. The summed E-state index contributed by atoms with van der Waals surface area (Å²) in [5.41, 5.74) is -0.339. The minimum absolute atomic E-state index is 0.102. The molecule has 146 valence electrons. The average Bonchev–Trinajstić information content (AvgIpc) is 3.34. The molecule has 1 atom stereocenters. The van der Waals surface area contributed by atoms with Gasteiger partial charge >= 0.3 is 0 Å². The third kappa shape index (κ3) is 9.83. The minimum Gasteiger partial charge on any atom is -0.482 e. The Morgan fingerprint density at radius 1 is 1.04 bits per heavy atom. The van der Waals surface area contributed by atoms with E-state index in [1.165, 1.54) is 64.2 Å². The van der Waals surface area contributed by atoms with Crippen LogP contribution in [0.5, 0.6) is 0 Å². The first-order chi connectivity index (χ1) is 12.3. The van der Waals surface area contributed by atoms with Crippen LogP contribution in [0.25, 0.3) is 0 Å². The zero-order valence-corrected chi connectivity index (χ0v) is 16.3. The molecule has 0 fully saturated rings. The van der Waals surface area contributed by atoms with E-state index in [2.05, 4.69) is 28.6 Å². The zero-order valence-electron chi connectivity index (χ0n) is 16.3. The number of hydrogen-bond acceptors (Lipinski definition) is 5. The largest absolute Gasteiger partial charge is 0.482 e. The Kier molecular flexibility index (Phi) is 12.4. The summed E-state index contributed by atoms with van der Waals surface area (Å²) in [6.07, 6.45) is 15.3. The Balaban J connectivity index is 0.000000531. The van der Waals surface area contributed by atoms with Crippen LogP contribution in [-0.4, -0.2) is 49.3 Å². The molecule has 0 bridgehead atoms. The molecule has 25 heavy (non-hydrogen) atoms. The van der Waals surface area contributed by atoms with Gasteiger partial charge in [-0.15, -0.1) is 0 Å². The number of aliphatic hydroxyl groups excluding tert-OH is 1. The fraction of sp³-hybridized carbons (Fsp3) is 0.900. The van der Waals surface area contributed by atoms with Gasteiger partial charge in [-0.1, -0.05) is 65.2 Å². The molecule has 0 radical (unpaired) electrons. The number of rotatable bonds is 12. The third-order valence-electron chi connectivity index (χ3n) is 4.80. The fourth-order valence-electron chi connectivity index (χ4n) is 2.90. The smallest absolute Gasteiger partial charge is 0.184 e. The Labute approximate surface area is 153 Å².